The van der Waals surface area contributed by atoms with Crippen LogP contribution in [-0.4, -0.2) is 48.0 Å². The van der Waals surface area contributed by atoms with Gasteiger partial charge in [0.15, 0.2) is 11.5 Å². The number of hydrogen-bond acceptors (Lipinski definition) is 7. The summed E-state index contributed by atoms with van der Waals surface area (Å²) in [6.07, 6.45) is 3.26. The molecule has 1 saturated heterocycles. The Hall–Kier alpha value is -4.33. The number of ketones is 1. The molecule has 0 bridgehead atoms. The van der Waals surface area contributed by atoms with E-state index in [4.69, 9.17) is 14.2 Å². The maximum Gasteiger partial charge on any atom is 0.295 e. The Morgan fingerprint density at radius 2 is 1.74 bits per heavy atom. The van der Waals surface area contributed by atoms with Gasteiger partial charge >= 0.3 is 0 Å². The van der Waals surface area contributed by atoms with Crippen LogP contribution in [0.3, 0.4) is 0 Å². The van der Waals surface area contributed by atoms with Crippen molar-refractivity contribution in [3.63, 3.8) is 0 Å². The first-order chi connectivity index (χ1) is 16.5. The van der Waals surface area contributed by atoms with Crippen molar-refractivity contribution < 1.29 is 28.9 Å². The van der Waals surface area contributed by atoms with Gasteiger partial charge in [-0.15, -0.1) is 0 Å². The first-order valence-electron chi connectivity index (χ1n) is 10.5. The Morgan fingerprint density at radius 3 is 2.35 bits per heavy atom. The molecule has 34 heavy (non-hydrogen) atoms. The summed E-state index contributed by atoms with van der Waals surface area (Å²) in [5, 5.41) is 11.2. The highest BCUT2D eigenvalue weighted by molar-refractivity contribution is 6.46. The molecule has 0 saturated carbocycles. The third-order valence-corrected chi connectivity index (χ3v) is 5.71. The number of likely N-dealkylation sites (tertiary alicyclic amines) is 1. The molecule has 174 valence electrons. The van der Waals surface area contributed by atoms with Crippen molar-refractivity contribution in [3.05, 3.63) is 89.3 Å². The standard InChI is InChI=1S/C26H24N2O6/c1-32-18-11-9-17(10-12-18)23(29)21-22(19-7-4-8-20(33-2)25(19)34-3)28(26(31)24(21)30)15-16-6-5-13-27-14-16/h4-14,22,29H,15H2,1-3H3/b23-21+/t22-/m0/s1. The largest absolute Gasteiger partial charge is 0.507 e. The molecule has 1 aromatic heterocycles. The maximum atomic E-state index is 13.3. The molecule has 1 amide bonds. The zero-order valence-electron chi connectivity index (χ0n) is 19.0. The number of hydrogen-bond donors (Lipinski definition) is 1. The van der Waals surface area contributed by atoms with Crippen LogP contribution in [0.5, 0.6) is 17.2 Å². The van der Waals surface area contributed by atoms with Gasteiger partial charge in [-0.1, -0.05) is 18.2 Å². The molecule has 0 aliphatic carbocycles. The normalized spacial score (nSPS) is 17.0. The second-order valence-corrected chi connectivity index (χ2v) is 7.60. The van der Waals surface area contributed by atoms with Crippen LogP contribution < -0.4 is 14.2 Å². The number of aliphatic hydroxyl groups excluding tert-OH is 1. The van der Waals surface area contributed by atoms with Crippen LogP contribution in [0.25, 0.3) is 5.76 Å². The SMILES string of the molecule is COc1ccc(/C(O)=C2\C(=O)C(=O)N(Cc3cccnc3)[C@H]2c2cccc(OC)c2OC)cc1. The van der Waals surface area contributed by atoms with Gasteiger partial charge in [0.2, 0.25) is 0 Å². The molecule has 0 radical (unpaired) electrons. The fourth-order valence-corrected chi connectivity index (χ4v) is 4.09. The van der Waals surface area contributed by atoms with E-state index >= 15 is 0 Å². The lowest BCUT2D eigenvalue weighted by Gasteiger charge is -2.27. The molecule has 2 heterocycles. The molecule has 1 aliphatic heterocycles. The highest BCUT2D eigenvalue weighted by Gasteiger charge is 2.47. The topological polar surface area (TPSA) is 98.2 Å². The fourth-order valence-electron chi connectivity index (χ4n) is 4.09. The van der Waals surface area contributed by atoms with E-state index in [0.29, 0.717) is 28.4 Å². The monoisotopic (exact) mass is 460 g/mol. The number of pyridine rings is 1. The second-order valence-electron chi connectivity index (χ2n) is 7.60. The molecular formula is C26H24N2O6. The first kappa shape index (κ1) is 22.8. The lowest BCUT2D eigenvalue weighted by atomic mass is 9.94. The lowest BCUT2D eigenvalue weighted by molar-refractivity contribution is -0.140. The minimum atomic E-state index is -0.910. The van der Waals surface area contributed by atoms with Gasteiger partial charge in [-0.3, -0.25) is 14.6 Å². The fraction of sp³-hybridized carbons (Fsp3) is 0.192. The Labute approximate surface area is 197 Å². The number of benzene rings is 2. The molecule has 1 fully saturated rings. The summed E-state index contributed by atoms with van der Waals surface area (Å²) in [5.74, 6) is -0.393. The Bertz CT molecular complexity index is 1240. The van der Waals surface area contributed by atoms with E-state index in [-0.39, 0.29) is 17.9 Å². The number of amides is 1. The van der Waals surface area contributed by atoms with Crippen LogP contribution in [0.2, 0.25) is 0 Å². The zero-order valence-corrected chi connectivity index (χ0v) is 19.0. The number of carbonyl (C=O) groups is 2. The summed E-state index contributed by atoms with van der Waals surface area (Å²) < 4.78 is 16.2. The molecule has 8 heteroatoms. The van der Waals surface area contributed by atoms with Crippen molar-refractivity contribution in [1.82, 2.24) is 9.88 Å². The van der Waals surface area contributed by atoms with Gasteiger partial charge in [-0.25, -0.2) is 0 Å². The smallest absolute Gasteiger partial charge is 0.295 e. The van der Waals surface area contributed by atoms with Gasteiger partial charge in [-0.2, -0.15) is 0 Å². The summed E-state index contributed by atoms with van der Waals surface area (Å²) in [4.78, 5) is 32.0. The van der Waals surface area contributed by atoms with E-state index in [9.17, 15) is 14.7 Å². The Morgan fingerprint density at radius 1 is 0.971 bits per heavy atom. The first-order valence-corrected chi connectivity index (χ1v) is 10.5. The summed E-state index contributed by atoms with van der Waals surface area (Å²) in [5.41, 5.74) is 1.60. The molecule has 8 nitrogen and oxygen atoms in total. The number of methoxy groups -OCH3 is 3. The van der Waals surface area contributed by atoms with E-state index in [1.54, 1.807) is 60.9 Å². The lowest BCUT2D eigenvalue weighted by Crippen LogP contribution is -2.29. The van der Waals surface area contributed by atoms with Crippen molar-refractivity contribution in [1.29, 1.82) is 0 Å². The van der Waals surface area contributed by atoms with E-state index < -0.39 is 17.7 Å². The molecule has 3 aromatic rings. The van der Waals surface area contributed by atoms with Crippen molar-refractivity contribution in [3.8, 4) is 17.2 Å². The van der Waals surface area contributed by atoms with Crippen LogP contribution in [0.4, 0.5) is 0 Å². The predicted molar refractivity (Wildman–Crippen MR) is 125 cm³/mol. The van der Waals surface area contributed by atoms with Crippen molar-refractivity contribution >= 4 is 17.4 Å². The summed E-state index contributed by atoms with van der Waals surface area (Å²) in [6, 6.07) is 14.5. The quantitative estimate of drug-likeness (QED) is 0.326. The van der Waals surface area contributed by atoms with E-state index in [1.165, 1.54) is 26.2 Å². The molecule has 1 atom stereocenters. The van der Waals surface area contributed by atoms with Gasteiger partial charge in [0.25, 0.3) is 11.7 Å². The van der Waals surface area contributed by atoms with Crippen molar-refractivity contribution in [2.75, 3.05) is 21.3 Å². The second kappa shape index (κ2) is 9.66. The molecule has 4 rings (SSSR count). The minimum Gasteiger partial charge on any atom is -0.507 e. The summed E-state index contributed by atoms with van der Waals surface area (Å²) in [6.45, 7) is 0.114. The van der Waals surface area contributed by atoms with Crippen molar-refractivity contribution in [2.24, 2.45) is 0 Å². The summed E-state index contributed by atoms with van der Waals surface area (Å²) in [7, 11) is 4.53. The molecule has 2 aromatic carbocycles. The van der Waals surface area contributed by atoms with Gasteiger partial charge < -0.3 is 24.2 Å². The summed E-state index contributed by atoms with van der Waals surface area (Å²) >= 11 is 0. The Balaban J connectivity index is 1.92. The number of nitrogens with zero attached hydrogens (tertiary/aromatic N) is 2. The van der Waals surface area contributed by atoms with Gasteiger partial charge in [0.1, 0.15) is 11.5 Å². The third-order valence-electron chi connectivity index (χ3n) is 5.71. The van der Waals surface area contributed by atoms with Crippen LogP contribution in [-0.2, 0) is 16.1 Å². The predicted octanol–water partition coefficient (Wildman–Crippen LogP) is 3.73. The number of aromatic nitrogens is 1. The van der Waals surface area contributed by atoms with E-state index in [2.05, 4.69) is 4.98 Å². The molecule has 0 unspecified atom stereocenters. The van der Waals surface area contributed by atoms with Gasteiger partial charge in [-0.05, 0) is 42.0 Å². The number of para-hydroxylation sites is 1. The number of ether oxygens (including phenoxy) is 3. The van der Waals surface area contributed by atoms with Crippen LogP contribution in [0.1, 0.15) is 22.7 Å². The van der Waals surface area contributed by atoms with Crippen LogP contribution in [0.15, 0.2) is 72.6 Å². The Kier molecular flexibility index (Phi) is 6.49. The molecule has 1 N–H and O–H groups in total. The van der Waals surface area contributed by atoms with Crippen LogP contribution in [0, 0.1) is 0 Å². The highest BCUT2D eigenvalue weighted by atomic mass is 16.5. The molecule has 1 aliphatic rings. The number of rotatable bonds is 7. The average Bonchev–Trinajstić information content (AvgIpc) is 3.13. The molecule has 0 spiro atoms. The van der Waals surface area contributed by atoms with E-state index in [0.717, 1.165) is 5.56 Å². The number of aliphatic hydroxyl groups is 1. The van der Waals surface area contributed by atoms with Gasteiger partial charge in [0, 0.05) is 30.1 Å². The number of carbonyl (C=O) groups excluding carboxylic acids is 2. The molecular weight excluding hydrogens is 436 g/mol. The maximum absolute atomic E-state index is 13.3. The van der Waals surface area contributed by atoms with Gasteiger partial charge in [0.05, 0.1) is 32.9 Å². The zero-order chi connectivity index (χ0) is 24.2. The average molecular weight is 460 g/mol. The minimum absolute atomic E-state index is 0.0365. The number of Topliss-reactive ketones (excluding diaryl/α,β-unsaturated/α-hetero) is 1. The highest BCUT2D eigenvalue weighted by Crippen LogP contribution is 2.46. The third kappa shape index (κ3) is 4.05. The van der Waals surface area contributed by atoms with E-state index in [1.807, 2.05) is 6.07 Å². The van der Waals surface area contributed by atoms with Crippen LogP contribution >= 0.6 is 0 Å². The van der Waals surface area contributed by atoms with Crippen molar-refractivity contribution in [2.45, 2.75) is 12.6 Å².